The van der Waals surface area contributed by atoms with Crippen molar-refractivity contribution in [2.45, 2.75) is 31.8 Å². The number of amides is 2. The minimum Gasteiger partial charge on any atom is -0.383 e. The van der Waals surface area contributed by atoms with Crippen LogP contribution in [0.5, 0.6) is 0 Å². The Hall–Kier alpha value is -4.46. The van der Waals surface area contributed by atoms with E-state index in [4.69, 9.17) is 15.7 Å². The molecule has 2 aliphatic rings. The minimum absolute atomic E-state index is 0.133. The molecule has 3 N–H and O–H groups in total. The zero-order valence-electron chi connectivity index (χ0n) is 22.0. The van der Waals surface area contributed by atoms with Crippen LogP contribution in [0.4, 0.5) is 16.3 Å². The molecular weight excluding hydrogens is 492 g/mol. The van der Waals surface area contributed by atoms with E-state index in [1.807, 2.05) is 60.1 Å². The topological polar surface area (TPSA) is 114 Å². The lowest BCUT2D eigenvalue weighted by Crippen LogP contribution is -2.33. The van der Waals surface area contributed by atoms with Gasteiger partial charge in [-0.05, 0) is 49.6 Å². The van der Waals surface area contributed by atoms with E-state index < -0.39 is 0 Å². The average molecular weight is 523 g/mol. The second-order valence-electron chi connectivity index (χ2n) is 10.0. The SMILES string of the molecule is Cc1ccc(NC(=O)N2OCC[C@@H]2c2ccccc2)cc1C#Cc1nn([C@H]2CCN(C)C2)c2ncnc(N)c12. The van der Waals surface area contributed by atoms with Gasteiger partial charge in [0.2, 0.25) is 0 Å². The fraction of sp³-hybridized carbons (Fsp3) is 0.310. The van der Waals surface area contributed by atoms with Crippen LogP contribution in [0.3, 0.4) is 0 Å². The Labute approximate surface area is 226 Å². The van der Waals surface area contributed by atoms with Crippen molar-refractivity contribution in [3.63, 3.8) is 0 Å². The van der Waals surface area contributed by atoms with Crippen LogP contribution in [0, 0.1) is 18.8 Å². The van der Waals surface area contributed by atoms with Crippen LogP contribution in [0.2, 0.25) is 0 Å². The van der Waals surface area contributed by atoms with Crippen molar-refractivity contribution >= 4 is 28.6 Å². The number of fused-ring (bicyclic) bond motifs is 1. The van der Waals surface area contributed by atoms with Crippen molar-refractivity contribution in [1.82, 2.24) is 29.7 Å². The summed E-state index contributed by atoms with van der Waals surface area (Å²) in [6.45, 7) is 4.36. The summed E-state index contributed by atoms with van der Waals surface area (Å²) in [6.07, 6.45) is 3.19. The van der Waals surface area contributed by atoms with E-state index in [-0.39, 0.29) is 18.1 Å². The van der Waals surface area contributed by atoms with E-state index in [0.29, 0.717) is 34.8 Å². The number of aryl methyl sites for hydroxylation is 1. The molecule has 0 spiro atoms. The molecule has 0 bridgehead atoms. The molecule has 0 unspecified atom stereocenters. The van der Waals surface area contributed by atoms with E-state index in [2.05, 4.69) is 39.1 Å². The molecule has 4 heterocycles. The second-order valence-corrected chi connectivity index (χ2v) is 10.0. The molecular formula is C29H30N8O2. The third-order valence-corrected chi connectivity index (χ3v) is 7.32. The highest BCUT2D eigenvalue weighted by Gasteiger charge is 2.32. The average Bonchev–Trinajstić information content (AvgIpc) is 3.68. The molecule has 0 radical (unpaired) electrons. The van der Waals surface area contributed by atoms with Crippen molar-refractivity contribution in [3.8, 4) is 11.8 Å². The van der Waals surface area contributed by atoms with Crippen molar-refractivity contribution in [3.05, 3.63) is 77.2 Å². The Balaban J connectivity index is 1.27. The van der Waals surface area contributed by atoms with Gasteiger partial charge >= 0.3 is 6.03 Å². The molecule has 39 heavy (non-hydrogen) atoms. The summed E-state index contributed by atoms with van der Waals surface area (Å²) in [5.41, 5.74) is 10.9. The largest absolute Gasteiger partial charge is 0.383 e. The summed E-state index contributed by atoms with van der Waals surface area (Å²) in [6, 6.07) is 15.3. The number of likely N-dealkylation sites (tertiary alicyclic amines) is 1. The monoisotopic (exact) mass is 522 g/mol. The van der Waals surface area contributed by atoms with E-state index in [1.54, 1.807) is 0 Å². The van der Waals surface area contributed by atoms with E-state index >= 15 is 0 Å². The van der Waals surface area contributed by atoms with Crippen LogP contribution in [0.25, 0.3) is 11.0 Å². The number of hydrogen-bond acceptors (Lipinski definition) is 7. The summed E-state index contributed by atoms with van der Waals surface area (Å²) in [7, 11) is 2.10. The maximum Gasteiger partial charge on any atom is 0.346 e. The molecule has 4 aromatic rings. The first-order valence-electron chi connectivity index (χ1n) is 13.1. The molecule has 0 saturated carbocycles. The van der Waals surface area contributed by atoms with Gasteiger partial charge in [-0.15, -0.1) is 0 Å². The molecule has 2 aromatic heterocycles. The number of benzene rings is 2. The third kappa shape index (κ3) is 4.90. The van der Waals surface area contributed by atoms with Gasteiger partial charge in [0.25, 0.3) is 0 Å². The van der Waals surface area contributed by atoms with Crippen molar-refractivity contribution in [1.29, 1.82) is 0 Å². The van der Waals surface area contributed by atoms with Crippen molar-refractivity contribution in [2.75, 3.05) is 37.8 Å². The van der Waals surface area contributed by atoms with Crippen LogP contribution < -0.4 is 11.1 Å². The van der Waals surface area contributed by atoms with Crippen LogP contribution in [-0.4, -0.2) is 62.5 Å². The normalized spacial score (nSPS) is 19.3. The fourth-order valence-electron chi connectivity index (χ4n) is 5.24. The number of nitrogens with zero attached hydrogens (tertiary/aromatic N) is 6. The van der Waals surface area contributed by atoms with Gasteiger partial charge in [0.05, 0.1) is 24.1 Å². The third-order valence-electron chi connectivity index (χ3n) is 7.32. The van der Waals surface area contributed by atoms with Gasteiger partial charge in [-0.1, -0.05) is 42.3 Å². The molecule has 10 heteroatoms. The number of hydroxylamine groups is 2. The molecule has 10 nitrogen and oxygen atoms in total. The molecule has 198 valence electrons. The number of carbonyl (C=O) groups is 1. The maximum atomic E-state index is 13.1. The van der Waals surface area contributed by atoms with Crippen LogP contribution in [-0.2, 0) is 4.84 Å². The van der Waals surface area contributed by atoms with Gasteiger partial charge in [-0.2, -0.15) is 10.2 Å². The van der Waals surface area contributed by atoms with Crippen molar-refractivity contribution < 1.29 is 9.63 Å². The van der Waals surface area contributed by atoms with Crippen molar-refractivity contribution in [2.24, 2.45) is 0 Å². The second kappa shape index (κ2) is 10.4. The smallest absolute Gasteiger partial charge is 0.346 e. The highest BCUT2D eigenvalue weighted by atomic mass is 16.7. The molecule has 2 atom stereocenters. The number of anilines is 2. The molecule has 2 aliphatic heterocycles. The molecule has 2 aromatic carbocycles. The zero-order valence-corrected chi connectivity index (χ0v) is 22.0. The quantitative estimate of drug-likeness (QED) is 0.392. The number of nitrogens with one attached hydrogen (secondary N) is 1. The van der Waals surface area contributed by atoms with Gasteiger partial charge in [0, 0.05) is 30.8 Å². The molecule has 2 amide bonds. The Morgan fingerprint density at radius 1 is 1.13 bits per heavy atom. The molecule has 2 saturated heterocycles. The first-order valence-corrected chi connectivity index (χ1v) is 13.1. The number of nitrogens with two attached hydrogens (primary N) is 1. The highest BCUT2D eigenvalue weighted by Crippen LogP contribution is 2.31. The standard InChI is InChI=1S/C29H30N8O2/c1-19-8-10-22(33-29(38)37-25(13-15-39-37)20-6-4-3-5-7-20)16-21(19)9-11-24-26-27(30)31-18-32-28(26)36(34-24)23-12-14-35(2)17-23/h3-8,10,16,18,23,25H,12-15,17H2,1-2H3,(H,33,38)(H2,30,31,32)/t23-,25+/m0/s1. The number of urea groups is 1. The maximum absolute atomic E-state index is 13.1. The van der Waals surface area contributed by atoms with Crippen LogP contribution in [0.1, 0.15) is 47.3 Å². The first kappa shape index (κ1) is 24.9. The van der Waals surface area contributed by atoms with Gasteiger partial charge in [-0.3, -0.25) is 4.84 Å². The molecule has 0 aliphatic carbocycles. The Bertz CT molecular complexity index is 1590. The van der Waals surface area contributed by atoms with Gasteiger partial charge in [0.1, 0.15) is 17.8 Å². The fourth-order valence-corrected chi connectivity index (χ4v) is 5.24. The molecule has 2 fully saturated rings. The number of nitrogen functional groups attached to an aromatic ring is 1. The predicted octanol–water partition coefficient (Wildman–Crippen LogP) is 3.90. The number of carbonyl (C=O) groups excluding carboxylic acids is 1. The van der Waals surface area contributed by atoms with Crippen LogP contribution >= 0.6 is 0 Å². The summed E-state index contributed by atoms with van der Waals surface area (Å²) in [5.74, 6) is 6.80. The highest BCUT2D eigenvalue weighted by molar-refractivity contribution is 5.91. The van der Waals surface area contributed by atoms with E-state index in [1.165, 1.54) is 11.4 Å². The van der Waals surface area contributed by atoms with Gasteiger partial charge in [0.15, 0.2) is 5.65 Å². The van der Waals surface area contributed by atoms with E-state index in [9.17, 15) is 4.79 Å². The summed E-state index contributed by atoms with van der Waals surface area (Å²) < 4.78 is 1.93. The lowest BCUT2D eigenvalue weighted by Gasteiger charge is -2.23. The predicted molar refractivity (Wildman–Crippen MR) is 149 cm³/mol. The molecule has 6 rings (SSSR count). The van der Waals surface area contributed by atoms with E-state index in [0.717, 1.165) is 42.6 Å². The summed E-state index contributed by atoms with van der Waals surface area (Å²) >= 11 is 0. The minimum atomic E-state index is -0.319. The number of hydrogen-bond donors (Lipinski definition) is 2. The summed E-state index contributed by atoms with van der Waals surface area (Å²) in [5, 5.41) is 9.86. The van der Waals surface area contributed by atoms with Crippen LogP contribution in [0.15, 0.2) is 54.9 Å². The van der Waals surface area contributed by atoms with Gasteiger partial charge in [-0.25, -0.2) is 19.4 Å². The lowest BCUT2D eigenvalue weighted by atomic mass is 10.1. The Kier molecular flexibility index (Phi) is 6.60. The zero-order chi connectivity index (χ0) is 26.9. The summed E-state index contributed by atoms with van der Waals surface area (Å²) in [4.78, 5) is 29.7. The first-order chi connectivity index (χ1) is 19.0. The number of likely N-dealkylation sites (N-methyl/N-ethyl adjacent to an activating group) is 1. The number of rotatable bonds is 3. The lowest BCUT2D eigenvalue weighted by molar-refractivity contribution is -0.0829. The Morgan fingerprint density at radius 2 is 1.97 bits per heavy atom. The Morgan fingerprint density at radius 3 is 2.77 bits per heavy atom. The number of aromatic nitrogens is 4. The van der Waals surface area contributed by atoms with Gasteiger partial charge < -0.3 is 16.0 Å².